The molecule has 1 atom stereocenters. The van der Waals surface area contributed by atoms with Gasteiger partial charge < -0.3 is 10.6 Å². The number of nitrogens with zero attached hydrogens (tertiary/aromatic N) is 1. The summed E-state index contributed by atoms with van der Waals surface area (Å²) in [5.41, 5.74) is 1.06. The lowest BCUT2D eigenvalue weighted by molar-refractivity contribution is -0.126. The van der Waals surface area contributed by atoms with E-state index in [0.29, 0.717) is 12.6 Å². The number of amides is 1. The van der Waals surface area contributed by atoms with Crippen LogP contribution >= 0.6 is 0 Å². The maximum absolute atomic E-state index is 13.0. The molecule has 1 amide bonds. The number of piperidine rings is 1. The molecule has 1 aromatic rings. The third-order valence-electron chi connectivity index (χ3n) is 4.65. The number of halogens is 1. The molecular weight excluding hydrogens is 281 g/mol. The first-order valence-corrected chi connectivity index (χ1v) is 8.22. The molecule has 0 saturated carbocycles. The average molecular weight is 305 g/mol. The van der Waals surface area contributed by atoms with Crippen LogP contribution in [0, 0.1) is 5.82 Å². The van der Waals surface area contributed by atoms with Crippen molar-refractivity contribution in [3.05, 3.63) is 35.6 Å². The Hall–Kier alpha value is -1.46. The molecule has 0 bridgehead atoms. The van der Waals surface area contributed by atoms with Crippen molar-refractivity contribution in [1.82, 2.24) is 15.5 Å². The molecule has 2 aliphatic rings. The highest BCUT2D eigenvalue weighted by Crippen LogP contribution is 2.21. The summed E-state index contributed by atoms with van der Waals surface area (Å²) in [7, 11) is 0. The summed E-state index contributed by atoms with van der Waals surface area (Å²) < 4.78 is 13.0. The number of nitrogens with one attached hydrogen (secondary N) is 2. The van der Waals surface area contributed by atoms with Crippen LogP contribution in [0.25, 0.3) is 0 Å². The van der Waals surface area contributed by atoms with E-state index in [1.54, 1.807) is 12.1 Å². The van der Waals surface area contributed by atoms with Crippen LogP contribution in [-0.4, -0.2) is 42.5 Å². The monoisotopic (exact) mass is 305 g/mol. The fourth-order valence-electron chi connectivity index (χ4n) is 3.40. The Kier molecular flexibility index (Phi) is 5.05. The van der Waals surface area contributed by atoms with E-state index in [0.717, 1.165) is 50.9 Å². The van der Waals surface area contributed by atoms with Crippen molar-refractivity contribution in [2.45, 2.75) is 44.3 Å². The fraction of sp³-hybridized carbons (Fsp3) is 0.588. The lowest BCUT2D eigenvalue weighted by Crippen LogP contribution is -2.49. The summed E-state index contributed by atoms with van der Waals surface area (Å²) in [6.07, 6.45) is 3.98. The van der Waals surface area contributed by atoms with Crippen LogP contribution in [0.1, 0.15) is 31.2 Å². The van der Waals surface area contributed by atoms with Crippen LogP contribution in [0.3, 0.4) is 0 Å². The van der Waals surface area contributed by atoms with Gasteiger partial charge in [-0.3, -0.25) is 9.69 Å². The zero-order valence-corrected chi connectivity index (χ0v) is 12.9. The maximum Gasteiger partial charge on any atom is 0.237 e. The second kappa shape index (κ2) is 7.20. The number of hydrogen-bond donors (Lipinski definition) is 2. The number of benzene rings is 1. The van der Waals surface area contributed by atoms with E-state index in [1.165, 1.54) is 12.1 Å². The van der Waals surface area contributed by atoms with Crippen molar-refractivity contribution in [3.63, 3.8) is 0 Å². The quantitative estimate of drug-likeness (QED) is 0.889. The molecule has 2 aliphatic heterocycles. The molecule has 3 rings (SSSR count). The normalized spacial score (nSPS) is 23.6. The molecule has 2 heterocycles. The SMILES string of the molecule is O=C(NC1CCNCC1)C1CCCN1Cc1ccc(F)cc1. The second-order valence-electron chi connectivity index (χ2n) is 6.29. The molecule has 2 N–H and O–H groups in total. The zero-order valence-electron chi connectivity index (χ0n) is 12.9. The molecule has 0 aliphatic carbocycles. The van der Waals surface area contributed by atoms with Gasteiger partial charge in [-0.25, -0.2) is 4.39 Å². The van der Waals surface area contributed by atoms with E-state index in [1.807, 2.05) is 0 Å². The predicted molar refractivity (Wildman–Crippen MR) is 83.9 cm³/mol. The Bertz CT molecular complexity index is 499. The minimum atomic E-state index is -0.217. The number of carbonyl (C=O) groups is 1. The summed E-state index contributed by atoms with van der Waals surface area (Å²) in [5, 5.41) is 6.52. The van der Waals surface area contributed by atoms with Gasteiger partial charge in [0.1, 0.15) is 5.82 Å². The van der Waals surface area contributed by atoms with Crippen LogP contribution in [-0.2, 0) is 11.3 Å². The number of rotatable bonds is 4. The van der Waals surface area contributed by atoms with Gasteiger partial charge in [0.25, 0.3) is 0 Å². The second-order valence-corrected chi connectivity index (χ2v) is 6.29. The van der Waals surface area contributed by atoms with E-state index >= 15 is 0 Å². The van der Waals surface area contributed by atoms with Gasteiger partial charge in [0.2, 0.25) is 5.91 Å². The van der Waals surface area contributed by atoms with Gasteiger partial charge in [-0.15, -0.1) is 0 Å². The van der Waals surface area contributed by atoms with E-state index in [-0.39, 0.29) is 17.8 Å². The minimum absolute atomic E-state index is 0.0417. The molecule has 5 heteroatoms. The van der Waals surface area contributed by atoms with Crippen molar-refractivity contribution in [2.75, 3.05) is 19.6 Å². The highest BCUT2D eigenvalue weighted by atomic mass is 19.1. The molecule has 120 valence electrons. The molecule has 0 spiro atoms. The standard InChI is InChI=1S/C17H24FN3O/c18-14-5-3-13(4-6-14)12-21-11-1-2-16(21)17(22)20-15-7-9-19-10-8-15/h3-6,15-16,19H,1-2,7-12H2,(H,20,22). The van der Waals surface area contributed by atoms with Gasteiger partial charge >= 0.3 is 0 Å². The number of carbonyl (C=O) groups excluding carboxylic acids is 1. The van der Waals surface area contributed by atoms with Gasteiger partial charge in [0, 0.05) is 12.6 Å². The van der Waals surface area contributed by atoms with Gasteiger partial charge in [0.05, 0.1) is 6.04 Å². The van der Waals surface area contributed by atoms with Crippen LogP contribution < -0.4 is 10.6 Å². The van der Waals surface area contributed by atoms with Crippen LogP contribution in [0.5, 0.6) is 0 Å². The zero-order chi connectivity index (χ0) is 15.4. The van der Waals surface area contributed by atoms with Gasteiger partial charge in [-0.1, -0.05) is 12.1 Å². The molecule has 2 saturated heterocycles. The fourth-order valence-corrected chi connectivity index (χ4v) is 3.40. The van der Waals surface area contributed by atoms with Crippen LogP contribution in [0.2, 0.25) is 0 Å². The summed E-state index contributed by atoms with van der Waals surface area (Å²) in [6.45, 7) is 3.61. The lowest BCUT2D eigenvalue weighted by atomic mass is 10.1. The predicted octanol–water partition coefficient (Wildman–Crippen LogP) is 1.66. The largest absolute Gasteiger partial charge is 0.352 e. The Morgan fingerprint density at radius 1 is 1.23 bits per heavy atom. The third kappa shape index (κ3) is 3.84. The van der Waals surface area contributed by atoms with Crippen LogP contribution in [0.4, 0.5) is 4.39 Å². The average Bonchev–Trinajstić information content (AvgIpc) is 2.99. The van der Waals surface area contributed by atoms with Gasteiger partial charge in [-0.2, -0.15) is 0 Å². The maximum atomic E-state index is 13.0. The first kappa shape index (κ1) is 15.4. The summed E-state index contributed by atoms with van der Waals surface area (Å²) in [4.78, 5) is 14.7. The summed E-state index contributed by atoms with van der Waals surface area (Å²) in [5.74, 6) is -0.0584. The molecule has 0 radical (unpaired) electrons. The smallest absolute Gasteiger partial charge is 0.237 e. The Morgan fingerprint density at radius 2 is 1.95 bits per heavy atom. The van der Waals surface area contributed by atoms with E-state index in [9.17, 15) is 9.18 Å². The third-order valence-corrected chi connectivity index (χ3v) is 4.65. The Morgan fingerprint density at radius 3 is 2.68 bits per heavy atom. The molecular formula is C17H24FN3O. The van der Waals surface area contributed by atoms with Crippen molar-refractivity contribution in [2.24, 2.45) is 0 Å². The number of hydrogen-bond acceptors (Lipinski definition) is 3. The lowest BCUT2D eigenvalue weighted by Gasteiger charge is -2.28. The number of likely N-dealkylation sites (tertiary alicyclic amines) is 1. The molecule has 4 nitrogen and oxygen atoms in total. The van der Waals surface area contributed by atoms with Crippen molar-refractivity contribution in [3.8, 4) is 0 Å². The summed E-state index contributed by atoms with van der Waals surface area (Å²) in [6, 6.07) is 6.83. The minimum Gasteiger partial charge on any atom is -0.352 e. The van der Waals surface area contributed by atoms with Gasteiger partial charge in [0.15, 0.2) is 0 Å². The summed E-state index contributed by atoms with van der Waals surface area (Å²) >= 11 is 0. The Labute approximate surface area is 131 Å². The van der Waals surface area contributed by atoms with E-state index in [2.05, 4.69) is 15.5 Å². The molecule has 2 fully saturated rings. The molecule has 22 heavy (non-hydrogen) atoms. The first-order chi connectivity index (χ1) is 10.7. The first-order valence-electron chi connectivity index (χ1n) is 8.22. The van der Waals surface area contributed by atoms with Gasteiger partial charge in [-0.05, 0) is 63.0 Å². The highest BCUT2D eigenvalue weighted by molar-refractivity contribution is 5.82. The highest BCUT2D eigenvalue weighted by Gasteiger charge is 2.31. The Balaban J connectivity index is 1.57. The molecule has 0 aromatic heterocycles. The van der Waals surface area contributed by atoms with E-state index < -0.39 is 0 Å². The van der Waals surface area contributed by atoms with Crippen molar-refractivity contribution < 1.29 is 9.18 Å². The molecule has 1 aromatic carbocycles. The van der Waals surface area contributed by atoms with E-state index in [4.69, 9.17) is 0 Å². The van der Waals surface area contributed by atoms with Crippen LogP contribution in [0.15, 0.2) is 24.3 Å². The van der Waals surface area contributed by atoms with Crippen molar-refractivity contribution >= 4 is 5.91 Å². The molecule has 1 unspecified atom stereocenters. The van der Waals surface area contributed by atoms with Crippen molar-refractivity contribution in [1.29, 1.82) is 0 Å². The topological polar surface area (TPSA) is 44.4 Å².